The molecular weight excluding hydrogens is 507 g/mol. The van der Waals surface area contributed by atoms with Crippen molar-refractivity contribution in [1.82, 2.24) is 0 Å². The summed E-state index contributed by atoms with van der Waals surface area (Å²) in [5.74, 6) is 0. The van der Waals surface area contributed by atoms with Gasteiger partial charge in [0.25, 0.3) is 0 Å². The second-order valence-corrected chi connectivity index (χ2v) is 16.4. The summed E-state index contributed by atoms with van der Waals surface area (Å²) in [6.45, 7) is 19.2. The summed E-state index contributed by atoms with van der Waals surface area (Å²) in [6.07, 6.45) is 8.02. The van der Waals surface area contributed by atoms with Gasteiger partial charge in [-0.2, -0.15) is 0 Å². The van der Waals surface area contributed by atoms with E-state index >= 15 is 0 Å². The van der Waals surface area contributed by atoms with Crippen LogP contribution in [0.2, 0.25) is 12.1 Å². The molecule has 3 aromatic rings. The molecule has 0 nitrogen and oxygen atoms in total. The molecule has 179 valence electrons. The van der Waals surface area contributed by atoms with E-state index in [2.05, 4.69) is 97.9 Å². The molecule has 0 aromatic heterocycles. The van der Waals surface area contributed by atoms with E-state index in [1.54, 1.807) is 21.7 Å². The van der Waals surface area contributed by atoms with Crippen molar-refractivity contribution in [3.8, 4) is 0 Å². The topological polar surface area (TPSA) is 0 Å². The van der Waals surface area contributed by atoms with Gasteiger partial charge in [-0.15, -0.1) is 33.7 Å². The van der Waals surface area contributed by atoms with Gasteiger partial charge in [-0.05, 0) is 17.3 Å². The van der Waals surface area contributed by atoms with Gasteiger partial charge in [-0.25, -0.2) is 0 Å². The molecule has 0 spiro atoms. The van der Waals surface area contributed by atoms with Gasteiger partial charge >= 0.3 is 21.7 Å². The van der Waals surface area contributed by atoms with Gasteiger partial charge in [0.05, 0.1) is 0 Å². The third kappa shape index (κ3) is 4.14. The van der Waals surface area contributed by atoms with Crippen molar-refractivity contribution >= 4 is 45.6 Å². The number of rotatable bonds is 3. The second kappa shape index (κ2) is 9.64. The van der Waals surface area contributed by atoms with E-state index in [1.165, 1.54) is 39.4 Å². The largest absolute Gasteiger partial charge is 3.00 e. The molecule has 0 amide bonds. The summed E-state index contributed by atoms with van der Waals surface area (Å²) < 4.78 is 0. The van der Waals surface area contributed by atoms with E-state index in [1.807, 2.05) is 5.19 Å². The van der Waals surface area contributed by atoms with Crippen molar-refractivity contribution < 1.29 is 46.5 Å². The Morgan fingerprint density at radius 1 is 0.912 bits per heavy atom. The fourth-order valence-electron chi connectivity index (χ4n) is 6.24. The third-order valence-electron chi connectivity index (χ3n) is 7.97. The number of fused-ring (bicyclic) bond motifs is 5. The van der Waals surface area contributed by atoms with Crippen LogP contribution in [-0.4, -0.2) is 8.07 Å². The molecule has 4 heteroatoms. The molecule has 1 aliphatic heterocycles. The van der Waals surface area contributed by atoms with Gasteiger partial charge < -0.3 is 24.8 Å². The average Bonchev–Trinajstić information content (AvgIpc) is 3.04. The van der Waals surface area contributed by atoms with Gasteiger partial charge in [0.15, 0.2) is 0 Å². The summed E-state index contributed by atoms with van der Waals surface area (Å²) in [4.78, 5) is 0. The molecule has 5 rings (SSSR count). The fourth-order valence-corrected chi connectivity index (χ4v) is 11.4. The van der Waals surface area contributed by atoms with Crippen LogP contribution in [0.1, 0.15) is 78.5 Å². The standard InChI is InChI=1S/C30H37Si.2ClH.Ti/c1-9-31(10-2)27-25-22-16-15-21(29(3,4)5)17-20(22)18-23(25)24(19-13-11-12-14-19)26(28(27)31)30(6,7)8;;;/h11-13,15-18H,9-10,14H2,1-8H3;2*1H;/q-1;;;+3/p-2. The zero-order chi connectivity index (χ0) is 22.3. The first-order chi connectivity index (χ1) is 14.5. The minimum absolute atomic E-state index is 0. The number of hydrogen-bond acceptors (Lipinski definition) is 0. The van der Waals surface area contributed by atoms with E-state index in [0.29, 0.717) is 0 Å². The van der Waals surface area contributed by atoms with Crippen LogP contribution in [-0.2, 0) is 32.5 Å². The average molecular weight is 544 g/mol. The van der Waals surface area contributed by atoms with Crippen LogP contribution in [0.15, 0.2) is 42.5 Å². The third-order valence-corrected chi connectivity index (χ3v) is 13.0. The maximum Gasteiger partial charge on any atom is 3.00 e. The normalized spacial score (nSPS) is 15.9. The van der Waals surface area contributed by atoms with Crippen LogP contribution in [0.25, 0.3) is 27.1 Å². The predicted molar refractivity (Wildman–Crippen MR) is 142 cm³/mol. The van der Waals surface area contributed by atoms with Crippen LogP contribution in [0.3, 0.4) is 0 Å². The van der Waals surface area contributed by atoms with Gasteiger partial charge in [-0.3, -0.25) is 0 Å². The minimum Gasteiger partial charge on any atom is -1.00 e. The first-order valence-electron chi connectivity index (χ1n) is 12.2. The molecule has 2 aliphatic rings. The van der Waals surface area contributed by atoms with E-state index in [-0.39, 0.29) is 57.4 Å². The molecule has 0 atom stereocenters. The van der Waals surface area contributed by atoms with E-state index < -0.39 is 8.07 Å². The van der Waals surface area contributed by atoms with Crippen LogP contribution < -0.4 is 35.2 Å². The number of hydrogen-bond donors (Lipinski definition) is 0. The Morgan fingerprint density at radius 2 is 1.56 bits per heavy atom. The second-order valence-electron chi connectivity index (χ2n) is 11.8. The summed E-state index contributed by atoms with van der Waals surface area (Å²) in [5.41, 5.74) is 6.53. The zero-order valence-electron chi connectivity index (χ0n) is 21.9. The van der Waals surface area contributed by atoms with E-state index in [4.69, 9.17) is 0 Å². The Balaban J connectivity index is 0.00000136. The number of benzene rings is 2. The first kappa shape index (κ1) is 29.5. The Kier molecular flexibility index (Phi) is 8.37. The summed E-state index contributed by atoms with van der Waals surface area (Å²) >= 11 is 0. The Hall–Kier alpha value is -0.699. The van der Waals surface area contributed by atoms with Crippen LogP contribution >= 0.6 is 0 Å². The molecule has 1 aliphatic carbocycles. The van der Waals surface area contributed by atoms with Gasteiger partial charge in [0, 0.05) is 0 Å². The fraction of sp³-hybridized carbons (Fsp3) is 0.433. The van der Waals surface area contributed by atoms with Gasteiger partial charge in [0.2, 0.25) is 0 Å². The molecule has 1 heterocycles. The van der Waals surface area contributed by atoms with Crippen molar-refractivity contribution in [3.63, 3.8) is 0 Å². The predicted octanol–water partition coefficient (Wildman–Crippen LogP) is 1.57. The zero-order valence-corrected chi connectivity index (χ0v) is 26.0. The Bertz CT molecular complexity index is 1290. The molecule has 0 bridgehead atoms. The quantitative estimate of drug-likeness (QED) is 0.347. The molecule has 0 unspecified atom stereocenters. The van der Waals surface area contributed by atoms with Gasteiger partial charge in [0.1, 0.15) is 8.07 Å². The molecule has 1 radical (unpaired) electrons. The smallest absolute Gasteiger partial charge is 1.00 e. The van der Waals surface area contributed by atoms with E-state index in [9.17, 15) is 0 Å². The summed E-state index contributed by atoms with van der Waals surface area (Å²) in [6, 6.07) is 12.5. The summed E-state index contributed by atoms with van der Waals surface area (Å²) in [5, 5.41) is 9.67. The molecule has 0 N–H and O–H groups in total. The van der Waals surface area contributed by atoms with Crippen LogP contribution in [0.4, 0.5) is 0 Å². The first-order valence-corrected chi connectivity index (χ1v) is 14.6. The van der Waals surface area contributed by atoms with Crippen molar-refractivity contribution in [1.29, 1.82) is 0 Å². The SMILES string of the molecule is CC[Si]1(CC)c2c(C(C)(C)C)c(C3=CC=CC3)c3[cH-]c4cc(C(C)(C)C)ccc4c3c21.[Cl-].[Cl-].[Ti+3]. The Morgan fingerprint density at radius 3 is 2.06 bits per heavy atom. The molecule has 3 aromatic carbocycles. The van der Waals surface area contributed by atoms with Crippen molar-refractivity contribution in [2.75, 3.05) is 0 Å². The molecular formula is C30H37Cl2SiTi. The van der Waals surface area contributed by atoms with Crippen molar-refractivity contribution in [2.24, 2.45) is 0 Å². The van der Waals surface area contributed by atoms with Crippen molar-refractivity contribution in [2.45, 2.75) is 84.7 Å². The maximum atomic E-state index is 2.53. The van der Waals surface area contributed by atoms with Gasteiger partial charge in [-0.1, -0.05) is 130 Å². The minimum atomic E-state index is -1.52. The molecule has 0 saturated carbocycles. The van der Waals surface area contributed by atoms with Crippen molar-refractivity contribution in [3.05, 3.63) is 59.2 Å². The Labute approximate surface area is 234 Å². The van der Waals surface area contributed by atoms with Crippen LogP contribution in [0, 0.1) is 0 Å². The molecule has 34 heavy (non-hydrogen) atoms. The molecule has 0 fully saturated rings. The van der Waals surface area contributed by atoms with E-state index in [0.717, 1.165) is 6.42 Å². The maximum absolute atomic E-state index is 2.53. The monoisotopic (exact) mass is 543 g/mol. The molecule has 0 saturated heterocycles. The summed E-state index contributed by atoms with van der Waals surface area (Å²) in [7, 11) is -1.52. The van der Waals surface area contributed by atoms with Crippen LogP contribution in [0.5, 0.6) is 0 Å². The number of halogens is 2. The number of allylic oxidation sites excluding steroid dienone is 4.